The molecule has 1 N–H and O–H groups in total. The minimum absolute atomic E-state index is 0.00417. The molecule has 3 heterocycles. The Balaban J connectivity index is 1.63. The highest BCUT2D eigenvalue weighted by Crippen LogP contribution is 2.40. The first kappa shape index (κ1) is 25.4. The van der Waals surface area contributed by atoms with Gasteiger partial charge in [0.2, 0.25) is 6.79 Å². The second-order valence-electron chi connectivity index (χ2n) is 8.98. The normalized spacial score (nSPS) is 15.9. The Morgan fingerprint density at radius 3 is 2.70 bits per heavy atom. The third kappa shape index (κ3) is 4.42. The van der Waals surface area contributed by atoms with Gasteiger partial charge in [0, 0.05) is 5.56 Å². The Bertz CT molecular complexity index is 1840. The number of carbonyl (C=O) groups excluding carboxylic acids is 1. The number of hydrogen-bond donors (Lipinski definition) is 1. The van der Waals surface area contributed by atoms with Gasteiger partial charge in [-0.2, -0.15) is 0 Å². The van der Waals surface area contributed by atoms with Gasteiger partial charge in [0.1, 0.15) is 0 Å². The van der Waals surface area contributed by atoms with Crippen molar-refractivity contribution in [2.75, 3.05) is 20.5 Å². The van der Waals surface area contributed by atoms with Crippen LogP contribution in [0.3, 0.4) is 0 Å². The smallest absolute Gasteiger partial charge is 0.338 e. The van der Waals surface area contributed by atoms with Crippen molar-refractivity contribution in [1.82, 2.24) is 4.57 Å². The highest BCUT2D eigenvalue weighted by Gasteiger charge is 2.36. The summed E-state index contributed by atoms with van der Waals surface area (Å²) in [6.45, 7) is 1.98. The SMILES string of the molecule is CCOC(=O)C1=C(c2ccccc2)N=c2sc(=Cc3ccc(O)c(OC)c3)c(=O)n2[C@H]1c1ccc2c(c1)OCO2. The number of ether oxygens (including phenoxy) is 4. The molecule has 0 aliphatic carbocycles. The van der Waals surface area contributed by atoms with Crippen molar-refractivity contribution in [1.29, 1.82) is 0 Å². The molecule has 9 nitrogen and oxygen atoms in total. The molecule has 6 rings (SSSR count). The van der Waals surface area contributed by atoms with Gasteiger partial charge in [0.15, 0.2) is 27.8 Å². The van der Waals surface area contributed by atoms with E-state index in [2.05, 4.69) is 0 Å². The van der Waals surface area contributed by atoms with E-state index in [-0.39, 0.29) is 36.0 Å². The fourth-order valence-corrected chi connectivity index (χ4v) is 5.78. The quantitative estimate of drug-likeness (QED) is 0.363. The van der Waals surface area contributed by atoms with Crippen LogP contribution in [0.25, 0.3) is 11.8 Å². The molecule has 1 atom stereocenters. The van der Waals surface area contributed by atoms with E-state index in [4.69, 9.17) is 23.9 Å². The van der Waals surface area contributed by atoms with Crippen LogP contribution < -0.4 is 29.1 Å². The predicted molar refractivity (Wildman–Crippen MR) is 148 cm³/mol. The van der Waals surface area contributed by atoms with Crippen LogP contribution in [0.1, 0.15) is 29.7 Å². The average Bonchev–Trinajstić information content (AvgIpc) is 3.57. The number of fused-ring (bicyclic) bond motifs is 2. The molecule has 4 aromatic rings. The second-order valence-corrected chi connectivity index (χ2v) is 9.98. The van der Waals surface area contributed by atoms with Crippen molar-refractivity contribution >= 4 is 29.1 Å². The molecule has 0 amide bonds. The number of thiazole rings is 1. The topological polar surface area (TPSA) is 109 Å². The van der Waals surface area contributed by atoms with Gasteiger partial charge in [0.05, 0.1) is 35.6 Å². The number of benzene rings is 3. The van der Waals surface area contributed by atoms with Gasteiger partial charge in [-0.05, 0) is 48.4 Å². The minimum atomic E-state index is -0.837. The lowest BCUT2D eigenvalue weighted by Gasteiger charge is -2.26. The zero-order valence-corrected chi connectivity index (χ0v) is 22.4. The number of rotatable bonds is 6. The summed E-state index contributed by atoms with van der Waals surface area (Å²) in [6, 6.07) is 18.7. The molecule has 0 saturated carbocycles. The number of phenolic OH excluding ortho intramolecular Hbond substituents is 1. The van der Waals surface area contributed by atoms with E-state index in [0.29, 0.717) is 37.7 Å². The first-order valence-electron chi connectivity index (χ1n) is 12.5. The number of hydrogen-bond acceptors (Lipinski definition) is 9. The highest BCUT2D eigenvalue weighted by atomic mass is 32.1. The Morgan fingerprint density at radius 2 is 1.93 bits per heavy atom. The van der Waals surface area contributed by atoms with Crippen molar-refractivity contribution in [2.24, 2.45) is 4.99 Å². The van der Waals surface area contributed by atoms with Crippen LogP contribution in [0.2, 0.25) is 0 Å². The first-order valence-corrected chi connectivity index (χ1v) is 13.3. The zero-order chi connectivity index (χ0) is 27.8. The monoisotopic (exact) mass is 556 g/mol. The summed E-state index contributed by atoms with van der Waals surface area (Å²) in [5, 5.41) is 9.99. The molecule has 0 spiro atoms. The third-order valence-electron chi connectivity index (χ3n) is 6.59. The van der Waals surface area contributed by atoms with Crippen LogP contribution in [0, 0.1) is 0 Å². The molecule has 0 radical (unpaired) electrons. The van der Waals surface area contributed by atoms with Crippen LogP contribution in [0.15, 0.2) is 82.1 Å². The van der Waals surface area contributed by atoms with E-state index < -0.39 is 12.0 Å². The molecule has 40 heavy (non-hydrogen) atoms. The molecule has 0 fully saturated rings. The lowest BCUT2D eigenvalue weighted by atomic mass is 9.93. The molecular formula is C30H24N2O7S. The number of nitrogens with zero attached hydrogens (tertiary/aromatic N) is 2. The standard InChI is InChI=1S/C30H24N2O7S/c1-3-37-29(35)25-26(18-7-5-4-6-8-18)31-30-32(27(25)19-10-12-21-23(15-19)39-16-38-21)28(34)24(40-30)14-17-9-11-20(33)22(13-17)36-2/h4-15,27,33H,3,16H2,1-2H3/t27-/m0/s1. The number of aromatic nitrogens is 1. The second kappa shape index (κ2) is 10.4. The number of carbonyl (C=O) groups is 1. The number of aromatic hydroxyl groups is 1. The molecule has 1 aromatic heterocycles. The van der Waals surface area contributed by atoms with Crippen molar-refractivity contribution in [3.05, 3.63) is 109 Å². The largest absolute Gasteiger partial charge is 0.504 e. The fraction of sp³-hybridized carbons (Fsp3) is 0.167. The molecule has 0 bridgehead atoms. The third-order valence-corrected chi connectivity index (χ3v) is 7.57. The predicted octanol–water partition coefficient (Wildman–Crippen LogP) is 3.38. The number of esters is 1. The molecule has 2 aliphatic heterocycles. The maximum Gasteiger partial charge on any atom is 0.338 e. The Morgan fingerprint density at radius 1 is 1.12 bits per heavy atom. The van der Waals surface area contributed by atoms with Gasteiger partial charge in [-0.15, -0.1) is 0 Å². The highest BCUT2D eigenvalue weighted by molar-refractivity contribution is 7.07. The molecule has 10 heteroatoms. The van der Waals surface area contributed by atoms with E-state index >= 15 is 0 Å². The average molecular weight is 557 g/mol. The molecular weight excluding hydrogens is 532 g/mol. The molecule has 3 aromatic carbocycles. The Hall–Kier alpha value is -4.83. The summed E-state index contributed by atoms with van der Waals surface area (Å²) < 4.78 is 23.8. The Labute approximate surface area is 232 Å². The lowest BCUT2D eigenvalue weighted by molar-refractivity contribution is -0.138. The summed E-state index contributed by atoms with van der Waals surface area (Å²) in [5.41, 5.74) is 2.38. The van der Waals surface area contributed by atoms with Crippen LogP contribution in [-0.2, 0) is 9.53 Å². The van der Waals surface area contributed by atoms with Gasteiger partial charge >= 0.3 is 5.97 Å². The van der Waals surface area contributed by atoms with E-state index in [1.54, 1.807) is 37.3 Å². The van der Waals surface area contributed by atoms with Crippen LogP contribution in [0.5, 0.6) is 23.0 Å². The summed E-state index contributed by atoms with van der Waals surface area (Å²) in [7, 11) is 1.46. The summed E-state index contributed by atoms with van der Waals surface area (Å²) in [4.78, 5) is 32.8. The molecule has 2 aliphatic rings. The summed E-state index contributed by atoms with van der Waals surface area (Å²) >= 11 is 1.21. The van der Waals surface area contributed by atoms with E-state index in [0.717, 1.165) is 5.56 Å². The molecule has 0 saturated heterocycles. The minimum Gasteiger partial charge on any atom is -0.504 e. The van der Waals surface area contributed by atoms with Gasteiger partial charge in [-0.1, -0.05) is 53.8 Å². The number of methoxy groups -OCH3 is 1. The maximum atomic E-state index is 14.0. The zero-order valence-electron chi connectivity index (χ0n) is 21.6. The fourth-order valence-electron chi connectivity index (χ4n) is 4.77. The molecule has 0 unspecified atom stereocenters. The van der Waals surface area contributed by atoms with Gasteiger partial charge < -0.3 is 24.1 Å². The van der Waals surface area contributed by atoms with Crippen LogP contribution in [0.4, 0.5) is 0 Å². The Kier molecular flexibility index (Phi) is 6.61. The molecule has 202 valence electrons. The van der Waals surface area contributed by atoms with Crippen LogP contribution in [-0.4, -0.2) is 36.2 Å². The van der Waals surface area contributed by atoms with E-state index in [1.807, 2.05) is 36.4 Å². The van der Waals surface area contributed by atoms with Crippen molar-refractivity contribution in [3.63, 3.8) is 0 Å². The van der Waals surface area contributed by atoms with Gasteiger partial charge in [0.25, 0.3) is 5.56 Å². The van der Waals surface area contributed by atoms with Gasteiger partial charge in [-0.25, -0.2) is 9.79 Å². The van der Waals surface area contributed by atoms with Crippen molar-refractivity contribution < 1.29 is 28.8 Å². The van der Waals surface area contributed by atoms with Crippen molar-refractivity contribution in [2.45, 2.75) is 13.0 Å². The maximum absolute atomic E-state index is 14.0. The van der Waals surface area contributed by atoms with Crippen molar-refractivity contribution in [3.8, 4) is 23.0 Å². The van der Waals surface area contributed by atoms with E-state index in [1.165, 1.54) is 29.1 Å². The summed E-state index contributed by atoms with van der Waals surface area (Å²) in [5.74, 6) is 0.830. The van der Waals surface area contributed by atoms with Crippen LogP contribution >= 0.6 is 11.3 Å². The van der Waals surface area contributed by atoms with Gasteiger partial charge in [-0.3, -0.25) is 9.36 Å². The summed E-state index contributed by atoms with van der Waals surface area (Å²) in [6.07, 6.45) is 1.71. The van der Waals surface area contributed by atoms with E-state index in [9.17, 15) is 14.7 Å². The lowest BCUT2D eigenvalue weighted by Crippen LogP contribution is -2.40. The number of phenols is 1. The first-order chi connectivity index (χ1) is 19.5.